The van der Waals surface area contributed by atoms with E-state index in [-0.39, 0.29) is 18.0 Å². The first kappa shape index (κ1) is 19.9. The third kappa shape index (κ3) is 3.38. The van der Waals surface area contributed by atoms with Gasteiger partial charge in [-0.3, -0.25) is 14.2 Å². The monoisotopic (exact) mass is 403 g/mol. The maximum Gasteiger partial charge on any atom is 0.261 e. The zero-order valence-electron chi connectivity index (χ0n) is 17.7. The minimum Gasteiger partial charge on any atom is -0.494 e. The number of benzene rings is 2. The highest BCUT2D eigenvalue weighted by atomic mass is 16.5. The second-order valence-electron chi connectivity index (χ2n) is 8.02. The van der Waals surface area contributed by atoms with Crippen molar-refractivity contribution >= 4 is 28.1 Å². The van der Waals surface area contributed by atoms with Crippen LogP contribution in [0.15, 0.2) is 59.7 Å². The van der Waals surface area contributed by atoms with E-state index in [0.717, 1.165) is 22.6 Å². The second-order valence-corrected chi connectivity index (χ2v) is 8.02. The molecule has 0 unspecified atom stereocenters. The maximum atomic E-state index is 13.4. The Morgan fingerprint density at radius 3 is 2.70 bits per heavy atom. The third-order valence-electron chi connectivity index (χ3n) is 5.38. The van der Waals surface area contributed by atoms with Gasteiger partial charge in [-0.05, 0) is 63.6 Å². The smallest absolute Gasteiger partial charge is 0.261 e. The van der Waals surface area contributed by atoms with Crippen LogP contribution < -0.4 is 15.2 Å². The first-order chi connectivity index (χ1) is 14.3. The highest BCUT2D eigenvalue weighted by Gasteiger charge is 2.36. The van der Waals surface area contributed by atoms with E-state index in [1.165, 1.54) is 10.9 Å². The Labute approximate surface area is 175 Å². The molecule has 1 aliphatic heterocycles. The van der Waals surface area contributed by atoms with Crippen molar-refractivity contribution < 1.29 is 9.53 Å². The average Bonchev–Trinajstić information content (AvgIpc) is 2.70. The van der Waals surface area contributed by atoms with Gasteiger partial charge in [-0.2, -0.15) is 0 Å². The zero-order valence-corrected chi connectivity index (χ0v) is 17.7. The van der Waals surface area contributed by atoms with E-state index >= 15 is 0 Å². The first-order valence-corrected chi connectivity index (χ1v) is 10.1. The molecule has 0 radical (unpaired) electrons. The predicted octanol–water partition coefficient (Wildman–Crippen LogP) is 4.02. The van der Waals surface area contributed by atoms with E-state index in [9.17, 15) is 9.59 Å². The molecule has 154 valence electrons. The lowest BCUT2D eigenvalue weighted by atomic mass is 9.88. The quantitative estimate of drug-likeness (QED) is 0.660. The SMILES string of the molecule is CCOc1ccc2c(c1)C(C)=CC(C)(C)N2C(=O)Cn1cnc2ccccc2c1=O. The van der Waals surface area contributed by atoms with Gasteiger partial charge < -0.3 is 9.64 Å². The summed E-state index contributed by atoms with van der Waals surface area (Å²) in [6.45, 7) is 8.46. The van der Waals surface area contributed by atoms with Gasteiger partial charge in [0.05, 0.1) is 35.1 Å². The Kier molecular flexibility index (Phi) is 4.94. The van der Waals surface area contributed by atoms with Crippen LogP contribution in [-0.2, 0) is 11.3 Å². The van der Waals surface area contributed by atoms with E-state index < -0.39 is 5.54 Å². The Bertz CT molecular complexity index is 1220. The Morgan fingerprint density at radius 2 is 1.93 bits per heavy atom. The molecule has 0 atom stereocenters. The third-order valence-corrected chi connectivity index (χ3v) is 5.38. The number of carbonyl (C=O) groups excluding carboxylic acids is 1. The summed E-state index contributed by atoms with van der Waals surface area (Å²) in [7, 11) is 0. The summed E-state index contributed by atoms with van der Waals surface area (Å²) in [5.41, 5.74) is 2.73. The van der Waals surface area contributed by atoms with Crippen molar-refractivity contribution in [2.45, 2.75) is 39.8 Å². The Hall–Kier alpha value is -3.41. The largest absolute Gasteiger partial charge is 0.494 e. The summed E-state index contributed by atoms with van der Waals surface area (Å²) in [6, 6.07) is 12.9. The molecule has 1 amide bonds. The molecule has 1 aromatic heterocycles. The van der Waals surface area contributed by atoms with Gasteiger partial charge in [-0.25, -0.2) is 4.98 Å². The molecule has 1 aliphatic rings. The molecule has 6 heteroatoms. The van der Waals surface area contributed by atoms with Crippen molar-refractivity contribution in [3.05, 3.63) is 70.8 Å². The number of fused-ring (bicyclic) bond motifs is 2. The van der Waals surface area contributed by atoms with Gasteiger partial charge >= 0.3 is 0 Å². The van der Waals surface area contributed by atoms with Gasteiger partial charge in [-0.15, -0.1) is 0 Å². The number of rotatable bonds is 4. The van der Waals surface area contributed by atoms with E-state index in [4.69, 9.17) is 4.74 Å². The molecule has 0 saturated carbocycles. The van der Waals surface area contributed by atoms with E-state index in [1.54, 1.807) is 23.1 Å². The van der Waals surface area contributed by atoms with E-state index in [2.05, 4.69) is 11.1 Å². The lowest BCUT2D eigenvalue weighted by molar-refractivity contribution is -0.120. The van der Waals surface area contributed by atoms with Crippen LogP contribution in [0.3, 0.4) is 0 Å². The molecule has 30 heavy (non-hydrogen) atoms. The Balaban J connectivity index is 1.74. The van der Waals surface area contributed by atoms with Crippen LogP contribution in [0.2, 0.25) is 0 Å². The summed E-state index contributed by atoms with van der Waals surface area (Å²) in [6.07, 6.45) is 3.52. The molecule has 0 bridgehead atoms. The number of anilines is 1. The number of amides is 1. The predicted molar refractivity (Wildman–Crippen MR) is 119 cm³/mol. The molecule has 3 aromatic rings. The van der Waals surface area contributed by atoms with Crippen molar-refractivity contribution in [1.82, 2.24) is 9.55 Å². The van der Waals surface area contributed by atoms with Crippen LogP contribution >= 0.6 is 0 Å². The molecule has 0 N–H and O–H groups in total. The average molecular weight is 403 g/mol. The maximum absolute atomic E-state index is 13.4. The van der Waals surface area contributed by atoms with Gasteiger partial charge in [0.1, 0.15) is 12.3 Å². The van der Waals surface area contributed by atoms with Crippen LogP contribution in [0.5, 0.6) is 5.75 Å². The lowest BCUT2D eigenvalue weighted by Crippen LogP contribution is -2.50. The van der Waals surface area contributed by atoms with Gasteiger partial charge in [0.2, 0.25) is 5.91 Å². The molecule has 6 nitrogen and oxygen atoms in total. The minimum atomic E-state index is -0.533. The first-order valence-electron chi connectivity index (χ1n) is 10.1. The van der Waals surface area contributed by atoms with Gasteiger partial charge in [0.25, 0.3) is 5.56 Å². The normalized spacial score (nSPS) is 14.9. The van der Waals surface area contributed by atoms with Crippen molar-refractivity contribution in [1.29, 1.82) is 0 Å². The summed E-state index contributed by atoms with van der Waals surface area (Å²) >= 11 is 0. The van der Waals surface area contributed by atoms with Gasteiger partial charge in [-0.1, -0.05) is 18.2 Å². The molecule has 2 heterocycles. The fourth-order valence-corrected chi connectivity index (χ4v) is 4.16. The molecule has 2 aromatic carbocycles. The summed E-state index contributed by atoms with van der Waals surface area (Å²) < 4.78 is 7.01. The number of hydrogen-bond donors (Lipinski definition) is 0. The standard InChI is InChI=1S/C24H25N3O3/c1-5-30-17-10-11-21-19(12-17)16(2)13-24(3,4)27(21)22(28)14-26-15-25-20-9-7-6-8-18(20)23(26)29/h6-13,15H,5,14H2,1-4H3. The van der Waals surface area contributed by atoms with Crippen molar-refractivity contribution in [3.8, 4) is 5.75 Å². The number of carbonyl (C=O) groups is 1. The second kappa shape index (κ2) is 7.44. The topological polar surface area (TPSA) is 64.4 Å². The summed E-state index contributed by atoms with van der Waals surface area (Å²) in [5, 5.41) is 0.503. The van der Waals surface area contributed by atoms with Gasteiger partial charge in [0, 0.05) is 5.56 Å². The van der Waals surface area contributed by atoms with Crippen LogP contribution in [0.1, 0.15) is 33.3 Å². The summed E-state index contributed by atoms with van der Waals surface area (Å²) in [5.74, 6) is 0.597. The molecule has 0 aliphatic carbocycles. The number of hydrogen-bond acceptors (Lipinski definition) is 4. The minimum absolute atomic E-state index is 0.0837. The van der Waals surface area contributed by atoms with Crippen molar-refractivity contribution in [2.24, 2.45) is 0 Å². The number of allylic oxidation sites excluding steroid dienone is 1. The highest BCUT2D eigenvalue weighted by Crippen LogP contribution is 2.40. The molecular formula is C24H25N3O3. The van der Waals surface area contributed by atoms with Crippen LogP contribution in [0.4, 0.5) is 5.69 Å². The van der Waals surface area contributed by atoms with Crippen molar-refractivity contribution in [2.75, 3.05) is 11.5 Å². The molecule has 0 fully saturated rings. The van der Waals surface area contributed by atoms with Crippen molar-refractivity contribution in [3.63, 3.8) is 0 Å². The number of ether oxygens (including phenoxy) is 1. The summed E-state index contributed by atoms with van der Waals surface area (Å²) in [4.78, 5) is 32.4. The number of aromatic nitrogens is 2. The number of nitrogens with zero attached hydrogens (tertiary/aromatic N) is 3. The highest BCUT2D eigenvalue weighted by molar-refractivity contribution is 6.00. The molecule has 0 saturated heterocycles. The fraction of sp³-hybridized carbons (Fsp3) is 0.292. The molecule has 4 rings (SSSR count). The zero-order chi connectivity index (χ0) is 21.5. The lowest BCUT2D eigenvalue weighted by Gasteiger charge is -2.41. The fourth-order valence-electron chi connectivity index (χ4n) is 4.16. The molecule has 0 spiro atoms. The number of para-hydroxylation sites is 1. The van der Waals surface area contributed by atoms with E-state index in [1.807, 2.05) is 52.0 Å². The van der Waals surface area contributed by atoms with E-state index in [0.29, 0.717) is 17.5 Å². The van der Waals surface area contributed by atoms with Crippen LogP contribution in [0.25, 0.3) is 16.5 Å². The van der Waals surface area contributed by atoms with Gasteiger partial charge in [0.15, 0.2) is 0 Å². The Morgan fingerprint density at radius 1 is 1.17 bits per heavy atom. The van der Waals surface area contributed by atoms with Crippen LogP contribution in [0, 0.1) is 0 Å². The molecular weight excluding hydrogens is 378 g/mol. The van der Waals surface area contributed by atoms with Crippen LogP contribution in [-0.4, -0.2) is 27.6 Å².